The Balaban J connectivity index is 2.02. The molecule has 2 aliphatic rings. The number of likely N-dealkylation sites (tertiary alicyclic amines) is 1. The summed E-state index contributed by atoms with van der Waals surface area (Å²) in [5.74, 6) is 0. The van der Waals surface area contributed by atoms with Gasteiger partial charge in [-0.15, -0.1) is 0 Å². The zero-order chi connectivity index (χ0) is 10.9. The average molecular weight is 260 g/mol. The minimum absolute atomic E-state index is 0.134. The molecular weight excluding hydrogens is 234 g/mol. The van der Waals surface area contributed by atoms with Crippen molar-refractivity contribution in [2.24, 2.45) is 0 Å². The molecule has 2 aliphatic heterocycles. The topological polar surface area (TPSA) is 15.8 Å². The molecular formula is C10H25NOSi3. The molecule has 0 amide bonds. The first-order chi connectivity index (χ1) is 7.24. The summed E-state index contributed by atoms with van der Waals surface area (Å²) in [4.78, 5) is 3.68. The van der Waals surface area contributed by atoms with Crippen molar-refractivity contribution in [1.29, 1.82) is 0 Å². The molecule has 2 atom stereocenters. The first-order valence-corrected chi connectivity index (χ1v) is 13.1. The van der Waals surface area contributed by atoms with Crippen LogP contribution < -0.4 is 0 Å². The maximum absolute atomic E-state index is 5.42. The maximum Gasteiger partial charge on any atom is 0.0936 e. The van der Waals surface area contributed by atoms with E-state index >= 15 is 0 Å². The van der Waals surface area contributed by atoms with Crippen molar-refractivity contribution < 1.29 is 4.74 Å². The molecule has 0 aromatic heterocycles. The largest absolute Gasteiger partial charge is 0.372 e. The highest BCUT2D eigenvalue weighted by Crippen LogP contribution is 2.36. The van der Waals surface area contributed by atoms with Crippen LogP contribution in [0.15, 0.2) is 0 Å². The molecule has 2 saturated heterocycles. The fourth-order valence-corrected chi connectivity index (χ4v) is 10.2. The average Bonchev–Trinajstić information content (AvgIpc) is 2.99. The fourth-order valence-electron chi connectivity index (χ4n) is 3.18. The predicted molar refractivity (Wildman–Crippen MR) is 75.6 cm³/mol. The molecule has 0 N–H and O–H groups in total. The van der Waals surface area contributed by atoms with Crippen molar-refractivity contribution >= 4 is 28.6 Å². The van der Waals surface area contributed by atoms with Crippen LogP contribution in [0.5, 0.6) is 0 Å². The van der Waals surface area contributed by atoms with Gasteiger partial charge in [-0.05, 0) is 23.3 Å². The van der Waals surface area contributed by atoms with Gasteiger partial charge in [-0.3, -0.25) is 0 Å². The van der Waals surface area contributed by atoms with Crippen LogP contribution in [-0.4, -0.2) is 64.0 Å². The third-order valence-electron chi connectivity index (χ3n) is 4.54. The van der Waals surface area contributed by atoms with Crippen molar-refractivity contribution in [3.8, 4) is 0 Å². The molecule has 2 fully saturated rings. The summed E-state index contributed by atoms with van der Waals surface area (Å²) in [6.45, 7) is 11.3. The molecule has 5 heteroatoms. The molecule has 88 valence electrons. The second-order valence-electron chi connectivity index (χ2n) is 5.27. The Labute approximate surface area is 101 Å². The molecule has 0 aliphatic carbocycles. The van der Waals surface area contributed by atoms with Crippen LogP contribution in [-0.2, 0) is 4.74 Å². The molecule has 0 aromatic rings. The van der Waals surface area contributed by atoms with Crippen LogP contribution in [0.3, 0.4) is 0 Å². The van der Waals surface area contributed by atoms with Crippen molar-refractivity contribution in [1.82, 2.24) is 4.90 Å². The summed E-state index contributed by atoms with van der Waals surface area (Å²) in [6, 6.07) is 0. The number of ether oxygens (including phenoxy) is 1. The van der Waals surface area contributed by atoms with Crippen LogP contribution in [0.2, 0.25) is 25.2 Å². The van der Waals surface area contributed by atoms with E-state index in [0.29, 0.717) is 6.10 Å². The van der Waals surface area contributed by atoms with E-state index in [1.165, 1.54) is 13.1 Å². The van der Waals surface area contributed by atoms with Gasteiger partial charge < -0.3 is 9.64 Å². The van der Waals surface area contributed by atoms with E-state index in [2.05, 4.69) is 24.5 Å². The Bertz CT molecular complexity index is 219. The molecule has 0 saturated carbocycles. The monoisotopic (exact) mass is 259 g/mol. The van der Waals surface area contributed by atoms with Gasteiger partial charge in [0, 0.05) is 35.1 Å². The zero-order valence-electron chi connectivity index (χ0n) is 10.5. The summed E-state index contributed by atoms with van der Waals surface area (Å²) >= 11 is 0. The Morgan fingerprint density at radius 1 is 1.33 bits per heavy atom. The summed E-state index contributed by atoms with van der Waals surface area (Å²) in [5.41, 5.74) is 1.13. The van der Waals surface area contributed by atoms with E-state index in [-0.39, 0.29) is 28.6 Å². The smallest absolute Gasteiger partial charge is 0.0936 e. The standard InChI is InChI=1S/C10H25NOSi3/c1-13-9-4-10(14-2,15-3)11(6-9)5-8-7-12-8/h8-9H,4-7,13-15H2,1-3H3. The summed E-state index contributed by atoms with van der Waals surface area (Å²) < 4.78 is 5.42. The third-order valence-corrected chi connectivity index (χ3v) is 13.3. The van der Waals surface area contributed by atoms with Crippen LogP contribution in [0.1, 0.15) is 6.42 Å². The van der Waals surface area contributed by atoms with Crippen molar-refractivity contribution in [2.75, 3.05) is 19.7 Å². The van der Waals surface area contributed by atoms with E-state index in [1.807, 2.05) is 0 Å². The van der Waals surface area contributed by atoms with E-state index in [4.69, 9.17) is 4.74 Å². The number of epoxide rings is 1. The van der Waals surface area contributed by atoms with Crippen LogP contribution in [0.4, 0.5) is 0 Å². The summed E-state index contributed by atoms with van der Waals surface area (Å²) in [7, 11) is 0.488. The molecule has 0 spiro atoms. The van der Waals surface area contributed by atoms with Gasteiger partial charge in [0.15, 0.2) is 0 Å². The highest BCUT2D eigenvalue weighted by atomic mass is 28.3. The molecule has 2 heterocycles. The first kappa shape index (κ1) is 12.0. The van der Waals surface area contributed by atoms with E-state index < -0.39 is 0 Å². The second-order valence-corrected chi connectivity index (χ2v) is 12.3. The number of hydrogen-bond donors (Lipinski definition) is 0. The Hall–Kier alpha value is 0.571. The van der Waals surface area contributed by atoms with Gasteiger partial charge in [-0.2, -0.15) is 0 Å². The van der Waals surface area contributed by atoms with Crippen LogP contribution in [0.25, 0.3) is 0 Å². The van der Waals surface area contributed by atoms with E-state index in [1.54, 1.807) is 6.42 Å². The Kier molecular flexibility index (Phi) is 3.88. The molecule has 2 nitrogen and oxygen atoms in total. The van der Waals surface area contributed by atoms with Gasteiger partial charge in [0.05, 0.1) is 12.7 Å². The second kappa shape index (κ2) is 4.83. The highest BCUT2D eigenvalue weighted by Gasteiger charge is 2.44. The first-order valence-electron chi connectivity index (χ1n) is 6.60. The van der Waals surface area contributed by atoms with E-state index in [9.17, 15) is 0 Å². The van der Waals surface area contributed by atoms with Gasteiger partial charge in [0.25, 0.3) is 0 Å². The number of rotatable bonds is 5. The lowest BCUT2D eigenvalue weighted by atomic mass is 10.4. The van der Waals surface area contributed by atoms with Gasteiger partial charge in [0.2, 0.25) is 0 Å². The Morgan fingerprint density at radius 3 is 2.47 bits per heavy atom. The van der Waals surface area contributed by atoms with Crippen molar-refractivity contribution in [3.63, 3.8) is 0 Å². The summed E-state index contributed by atoms with van der Waals surface area (Å²) in [5, 5.41) is 0. The maximum atomic E-state index is 5.42. The van der Waals surface area contributed by atoms with Gasteiger partial charge in [-0.25, -0.2) is 0 Å². The third kappa shape index (κ3) is 2.46. The predicted octanol–water partition coefficient (Wildman–Crippen LogP) is -0.816. The molecule has 0 aromatic carbocycles. The molecule has 2 unspecified atom stereocenters. The molecule has 2 rings (SSSR count). The lowest BCUT2D eigenvalue weighted by molar-refractivity contribution is 0.244. The lowest BCUT2D eigenvalue weighted by Gasteiger charge is -2.36. The molecule has 0 radical (unpaired) electrons. The normalized spacial score (nSPS) is 43.4. The SMILES string of the molecule is C[SiH2]C1CN(CC2CO2)C([SiH2]C)([SiH2]C)C1. The zero-order valence-corrected chi connectivity index (χ0v) is 14.7. The Morgan fingerprint density at radius 2 is 2.00 bits per heavy atom. The van der Waals surface area contributed by atoms with Gasteiger partial charge in [0.1, 0.15) is 0 Å². The number of nitrogens with zero attached hydrogens (tertiary/aromatic N) is 1. The number of hydrogen-bond acceptors (Lipinski definition) is 2. The fraction of sp³-hybridized carbons (Fsp3) is 1.00. The molecule has 15 heavy (non-hydrogen) atoms. The quantitative estimate of drug-likeness (QED) is 0.474. The van der Waals surface area contributed by atoms with Crippen molar-refractivity contribution in [2.45, 2.75) is 42.5 Å². The van der Waals surface area contributed by atoms with Crippen molar-refractivity contribution in [3.05, 3.63) is 0 Å². The lowest BCUT2D eigenvalue weighted by Crippen LogP contribution is -2.53. The van der Waals surface area contributed by atoms with Crippen LogP contribution >= 0.6 is 0 Å². The molecule has 0 bridgehead atoms. The van der Waals surface area contributed by atoms with E-state index in [0.717, 1.165) is 16.9 Å². The van der Waals surface area contributed by atoms with Gasteiger partial charge >= 0.3 is 0 Å². The summed E-state index contributed by atoms with van der Waals surface area (Å²) in [6.07, 6.45) is 2.20. The highest BCUT2D eigenvalue weighted by molar-refractivity contribution is 6.61. The minimum Gasteiger partial charge on any atom is -0.372 e. The van der Waals surface area contributed by atoms with Crippen LogP contribution in [0, 0.1) is 0 Å². The van der Waals surface area contributed by atoms with Gasteiger partial charge in [-0.1, -0.05) is 19.6 Å². The minimum atomic E-state index is 0.134.